The Hall–Kier alpha value is -3.16. The molecule has 1 aromatic heterocycles. The lowest BCUT2D eigenvalue weighted by Gasteiger charge is -2.14. The standard InChI is InChI=1S/C30H33NO4S2/c1-2-3-4-5-6-7-14-31-27-17-23(36-15-12-21(19-36)29(32)33)8-10-25(27)26-11-9-24(18-28(26)31)37-16-13-22(20-37)30(34)35/h8-13,15-20,36-37H,2-7,14H2,1H3,(H,32,33)(H,34,35). The Morgan fingerprint density at radius 1 is 0.730 bits per heavy atom. The zero-order chi connectivity index (χ0) is 25.9. The summed E-state index contributed by atoms with van der Waals surface area (Å²) in [5.74, 6) is -1.76. The average molecular weight is 536 g/mol. The fourth-order valence-corrected chi connectivity index (χ4v) is 8.54. The Morgan fingerprint density at radius 2 is 1.22 bits per heavy atom. The lowest BCUT2D eigenvalue weighted by molar-refractivity contribution is -0.133. The number of aryl methyl sites for hydroxylation is 1. The highest BCUT2D eigenvalue weighted by Gasteiger charge is 2.18. The van der Waals surface area contributed by atoms with E-state index in [1.54, 1.807) is 12.2 Å². The molecule has 37 heavy (non-hydrogen) atoms. The van der Waals surface area contributed by atoms with Gasteiger partial charge in [0.05, 0.1) is 22.2 Å². The van der Waals surface area contributed by atoms with Crippen LogP contribution in [-0.4, -0.2) is 26.7 Å². The molecule has 0 bridgehead atoms. The zero-order valence-electron chi connectivity index (χ0n) is 20.9. The van der Waals surface area contributed by atoms with E-state index in [9.17, 15) is 19.8 Å². The molecule has 3 aromatic rings. The van der Waals surface area contributed by atoms with Gasteiger partial charge in [-0.2, -0.15) is 21.8 Å². The monoisotopic (exact) mass is 535 g/mol. The van der Waals surface area contributed by atoms with Crippen molar-refractivity contribution in [3.8, 4) is 0 Å². The summed E-state index contributed by atoms with van der Waals surface area (Å²) in [5.41, 5.74) is 3.10. The van der Waals surface area contributed by atoms with E-state index in [2.05, 4.69) is 47.9 Å². The van der Waals surface area contributed by atoms with Crippen LogP contribution in [0.4, 0.5) is 0 Å². The molecule has 5 nitrogen and oxygen atoms in total. The molecule has 0 amide bonds. The van der Waals surface area contributed by atoms with Gasteiger partial charge in [0.1, 0.15) is 0 Å². The molecule has 0 fully saturated rings. The predicted molar refractivity (Wildman–Crippen MR) is 157 cm³/mol. The van der Waals surface area contributed by atoms with E-state index in [0.29, 0.717) is 11.1 Å². The van der Waals surface area contributed by atoms with Crippen molar-refractivity contribution in [2.75, 3.05) is 0 Å². The number of aliphatic carboxylic acids is 2. The second-order valence-corrected chi connectivity index (χ2v) is 13.3. The number of carboxylic acid groups (broad SMARTS) is 2. The summed E-state index contributed by atoms with van der Waals surface area (Å²) in [7, 11) is -1.56. The molecule has 2 N–H and O–H groups in total. The van der Waals surface area contributed by atoms with Crippen LogP contribution < -0.4 is 0 Å². The molecule has 2 atom stereocenters. The maximum Gasteiger partial charge on any atom is 0.336 e. The first-order chi connectivity index (χ1) is 18.0. The molecular weight excluding hydrogens is 502 g/mol. The highest BCUT2D eigenvalue weighted by molar-refractivity contribution is 8.22. The van der Waals surface area contributed by atoms with Crippen molar-refractivity contribution >= 4 is 55.5 Å². The van der Waals surface area contributed by atoms with Crippen molar-refractivity contribution in [3.63, 3.8) is 0 Å². The van der Waals surface area contributed by atoms with Gasteiger partial charge in [0.25, 0.3) is 0 Å². The SMILES string of the molecule is CCCCCCCCn1c2cc([SH]3C=CC(C(=O)O)=C3)ccc2c2ccc([SH]3C=CC(C(=O)O)=C3)cc21. The molecule has 0 radical (unpaired) electrons. The number of aromatic nitrogens is 1. The number of carbonyl (C=O) groups is 2. The topological polar surface area (TPSA) is 79.5 Å². The summed E-state index contributed by atoms with van der Waals surface area (Å²) >= 11 is 0. The minimum absolute atomic E-state index is 0.365. The highest BCUT2D eigenvalue weighted by atomic mass is 32.2. The molecule has 194 valence electrons. The third-order valence-corrected chi connectivity index (χ3v) is 10.8. The first-order valence-corrected chi connectivity index (χ1v) is 15.8. The fourth-order valence-electron chi connectivity index (χ4n) is 5.05. The van der Waals surface area contributed by atoms with Gasteiger partial charge in [-0.25, -0.2) is 9.59 Å². The molecule has 2 aromatic carbocycles. The van der Waals surface area contributed by atoms with Crippen LogP contribution in [0.5, 0.6) is 0 Å². The summed E-state index contributed by atoms with van der Waals surface area (Å²) in [6.07, 6.45) is 10.8. The normalized spacial score (nSPS) is 20.6. The van der Waals surface area contributed by atoms with Crippen LogP contribution in [0, 0.1) is 0 Å². The second kappa shape index (κ2) is 11.1. The maximum absolute atomic E-state index is 11.4. The van der Waals surface area contributed by atoms with Gasteiger partial charge >= 0.3 is 11.9 Å². The molecule has 2 aliphatic heterocycles. The zero-order valence-corrected chi connectivity index (χ0v) is 22.7. The Kier molecular flexibility index (Phi) is 7.63. The van der Waals surface area contributed by atoms with Crippen molar-refractivity contribution in [1.29, 1.82) is 0 Å². The van der Waals surface area contributed by atoms with Gasteiger partial charge in [0, 0.05) is 17.3 Å². The summed E-state index contributed by atoms with van der Waals surface area (Å²) in [6.45, 7) is 3.16. The predicted octanol–water partition coefficient (Wildman–Crippen LogP) is 7.87. The van der Waals surface area contributed by atoms with Gasteiger partial charge < -0.3 is 14.8 Å². The summed E-state index contributed by atoms with van der Waals surface area (Å²) in [5, 5.41) is 28.9. The van der Waals surface area contributed by atoms with Gasteiger partial charge in [0.2, 0.25) is 0 Å². The number of thiol groups is 2. The molecule has 0 aliphatic carbocycles. The van der Waals surface area contributed by atoms with Crippen molar-refractivity contribution < 1.29 is 19.8 Å². The van der Waals surface area contributed by atoms with Crippen LogP contribution in [0.15, 0.2) is 91.1 Å². The fraction of sp³-hybridized carbons (Fsp3) is 0.267. The van der Waals surface area contributed by atoms with E-state index in [1.807, 2.05) is 21.6 Å². The van der Waals surface area contributed by atoms with Gasteiger partial charge in [-0.1, -0.05) is 51.2 Å². The first-order valence-electron chi connectivity index (χ1n) is 12.9. The Bertz CT molecular complexity index is 1390. The van der Waals surface area contributed by atoms with E-state index in [0.717, 1.165) is 22.8 Å². The molecule has 0 spiro atoms. The lowest BCUT2D eigenvalue weighted by atomic mass is 10.1. The molecule has 5 rings (SSSR count). The van der Waals surface area contributed by atoms with Crippen molar-refractivity contribution in [3.05, 3.63) is 81.3 Å². The molecule has 2 aliphatic rings. The van der Waals surface area contributed by atoms with Crippen LogP contribution in [0.25, 0.3) is 21.8 Å². The van der Waals surface area contributed by atoms with Gasteiger partial charge in [-0.3, -0.25) is 0 Å². The quantitative estimate of drug-likeness (QED) is 0.149. The molecule has 3 heterocycles. The summed E-state index contributed by atoms with van der Waals surface area (Å²) < 4.78 is 2.42. The number of benzene rings is 2. The Labute approximate surface area is 222 Å². The lowest BCUT2D eigenvalue weighted by Crippen LogP contribution is -1.98. The molecule has 0 saturated carbocycles. The van der Waals surface area contributed by atoms with Gasteiger partial charge in [0.15, 0.2) is 0 Å². The molecule has 2 unspecified atom stereocenters. The first kappa shape index (κ1) is 25.5. The number of rotatable bonds is 11. The van der Waals surface area contributed by atoms with Crippen LogP contribution in [-0.2, 0) is 16.1 Å². The number of nitrogens with zero attached hydrogens (tertiary/aromatic N) is 1. The third kappa shape index (κ3) is 5.29. The van der Waals surface area contributed by atoms with E-state index in [-0.39, 0.29) is 0 Å². The number of unbranched alkanes of at least 4 members (excludes halogenated alkanes) is 5. The van der Waals surface area contributed by atoms with Crippen molar-refractivity contribution in [2.24, 2.45) is 0 Å². The minimum atomic E-state index is -0.880. The number of hydrogen-bond acceptors (Lipinski definition) is 2. The van der Waals surface area contributed by atoms with Crippen LogP contribution in [0.3, 0.4) is 0 Å². The second-order valence-electron chi connectivity index (χ2n) is 9.55. The third-order valence-electron chi connectivity index (χ3n) is 7.05. The van der Waals surface area contributed by atoms with Crippen LogP contribution in [0.1, 0.15) is 45.4 Å². The maximum atomic E-state index is 11.4. The molecular formula is C30H33NO4S2. The number of fused-ring (bicyclic) bond motifs is 3. The number of hydrogen-bond donors (Lipinski definition) is 4. The van der Waals surface area contributed by atoms with E-state index < -0.39 is 33.7 Å². The Balaban J connectivity index is 1.53. The van der Waals surface area contributed by atoms with E-state index >= 15 is 0 Å². The van der Waals surface area contributed by atoms with Crippen LogP contribution in [0.2, 0.25) is 0 Å². The summed E-state index contributed by atoms with van der Waals surface area (Å²) in [4.78, 5) is 25.1. The van der Waals surface area contributed by atoms with Crippen LogP contribution >= 0.6 is 21.8 Å². The number of carboxylic acids is 2. The van der Waals surface area contributed by atoms with Crippen molar-refractivity contribution in [1.82, 2.24) is 4.57 Å². The largest absolute Gasteiger partial charge is 0.478 e. The van der Waals surface area contributed by atoms with Crippen molar-refractivity contribution in [2.45, 2.75) is 61.8 Å². The van der Waals surface area contributed by atoms with E-state index in [1.165, 1.54) is 53.9 Å². The van der Waals surface area contributed by atoms with Gasteiger partial charge in [-0.05, 0) is 74.3 Å². The summed E-state index contributed by atoms with van der Waals surface area (Å²) in [6, 6.07) is 13.1. The van der Waals surface area contributed by atoms with Gasteiger partial charge in [-0.15, -0.1) is 0 Å². The highest BCUT2D eigenvalue weighted by Crippen LogP contribution is 2.48. The smallest absolute Gasteiger partial charge is 0.336 e. The molecule has 0 saturated heterocycles. The Morgan fingerprint density at radius 3 is 1.68 bits per heavy atom. The minimum Gasteiger partial charge on any atom is -0.478 e. The molecule has 7 heteroatoms. The van der Waals surface area contributed by atoms with E-state index in [4.69, 9.17) is 0 Å². The average Bonchev–Trinajstić information content (AvgIpc) is 3.64.